The van der Waals surface area contributed by atoms with Gasteiger partial charge in [-0.25, -0.2) is 14.6 Å². The summed E-state index contributed by atoms with van der Waals surface area (Å²) in [5, 5.41) is 5.26. The first-order valence-electron chi connectivity index (χ1n) is 9.35. The lowest BCUT2D eigenvalue weighted by molar-refractivity contribution is 0.0520. The van der Waals surface area contributed by atoms with Crippen molar-refractivity contribution in [3.63, 3.8) is 0 Å². The number of carbonyl (C=O) groups is 2. The summed E-state index contributed by atoms with van der Waals surface area (Å²) in [5.41, 5.74) is 2.08. The number of benzene rings is 1. The van der Waals surface area contributed by atoms with Crippen LogP contribution >= 0.6 is 11.3 Å². The van der Waals surface area contributed by atoms with Gasteiger partial charge in [-0.15, -0.1) is 11.3 Å². The van der Waals surface area contributed by atoms with Crippen LogP contribution in [0.3, 0.4) is 0 Å². The Morgan fingerprint density at radius 2 is 2.07 bits per heavy atom. The average Bonchev–Trinajstić information content (AvgIpc) is 3.13. The number of esters is 1. The molecule has 8 heteroatoms. The zero-order chi connectivity index (χ0) is 20.4. The highest BCUT2D eigenvalue weighted by molar-refractivity contribution is 7.09. The molecule has 0 bridgehead atoms. The zero-order valence-electron chi connectivity index (χ0n) is 16.6. The molecule has 0 saturated heterocycles. The van der Waals surface area contributed by atoms with Crippen molar-refractivity contribution >= 4 is 29.0 Å². The Kier molecular flexibility index (Phi) is 8.90. The number of hydrogen-bond acceptors (Lipinski definition) is 6. The molecular weight excluding hydrogens is 378 g/mol. The van der Waals surface area contributed by atoms with E-state index < -0.39 is 5.97 Å². The molecule has 1 N–H and O–H groups in total. The fourth-order valence-electron chi connectivity index (χ4n) is 2.53. The molecule has 1 heterocycles. The second-order valence-electron chi connectivity index (χ2n) is 6.12. The third-order valence-electron chi connectivity index (χ3n) is 3.84. The maximum atomic E-state index is 12.8. The third kappa shape index (κ3) is 6.94. The highest BCUT2D eigenvalue weighted by atomic mass is 32.1. The van der Waals surface area contributed by atoms with Crippen molar-refractivity contribution in [1.82, 2.24) is 9.88 Å². The van der Waals surface area contributed by atoms with E-state index in [1.54, 1.807) is 17.2 Å². The summed E-state index contributed by atoms with van der Waals surface area (Å²) in [4.78, 5) is 30.6. The van der Waals surface area contributed by atoms with Crippen LogP contribution in [0.15, 0.2) is 29.6 Å². The number of nitrogens with one attached hydrogen (secondary N) is 1. The average molecular weight is 406 g/mol. The van der Waals surface area contributed by atoms with Gasteiger partial charge < -0.3 is 19.7 Å². The van der Waals surface area contributed by atoms with Gasteiger partial charge in [0.1, 0.15) is 5.01 Å². The van der Waals surface area contributed by atoms with E-state index in [-0.39, 0.29) is 11.7 Å². The Morgan fingerprint density at radius 3 is 2.79 bits per heavy atom. The number of anilines is 1. The van der Waals surface area contributed by atoms with Gasteiger partial charge in [0.15, 0.2) is 5.69 Å². The lowest BCUT2D eigenvalue weighted by Crippen LogP contribution is -2.35. The van der Waals surface area contributed by atoms with E-state index in [1.165, 1.54) is 11.3 Å². The van der Waals surface area contributed by atoms with Crippen molar-refractivity contribution in [1.29, 1.82) is 0 Å². The van der Waals surface area contributed by atoms with E-state index in [9.17, 15) is 9.59 Å². The van der Waals surface area contributed by atoms with Gasteiger partial charge in [-0.05, 0) is 44.9 Å². The van der Waals surface area contributed by atoms with Gasteiger partial charge in [0.05, 0.1) is 13.2 Å². The molecular formula is C20H27N3O4S. The van der Waals surface area contributed by atoms with Crippen LogP contribution in [-0.2, 0) is 16.0 Å². The number of carbonyl (C=O) groups excluding carboxylic acids is 2. The summed E-state index contributed by atoms with van der Waals surface area (Å²) in [7, 11) is 0. The zero-order valence-corrected chi connectivity index (χ0v) is 17.4. The van der Waals surface area contributed by atoms with Crippen LogP contribution < -0.4 is 5.32 Å². The van der Waals surface area contributed by atoms with E-state index in [4.69, 9.17) is 9.47 Å². The molecule has 0 spiro atoms. The Hall–Kier alpha value is -2.45. The molecule has 0 atom stereocenters. The number of aryl methyl sites for hydroxylation is 1. The topological polar surface area (TPSA) is 80.8 Å². The first kappa shape index (κ1) is 21.8. The van der Waals surface area contributed by atoms with Crippen LogP contribution in [0.2, 0.25) is 0 Å². The minimum Gasteiger partial charge on any atom is -0.461 e. The number of ether oxygens (including phenoxy) is 2. The minimum atomic E-state index is -0.447. The molecule has 0 aliphatic carbocycles. The van der Waals surface area contributed by atoms with E-state index in [1.807, 2.05) is 38.1 Å². The maximum Gasteiger partial charge on any atom is 0.357 e. The largest absolute Gasteiger partial charge is 0.461 e. The highest BCUT2D eigenvalue weighted by Crippen LogP contribution is 2.16. The second-order valence-corrected chi connectivity index (χ2v) is 7.06. The SMILES string of the molecule is CCOCCCN(Cc1nc(C(=O)OCC)cs1)C(=O)Nc1cccc(C)c1. The standard InChI is InChI=1S/C20H27N3O4S/c1-4-26-11-7-10-23(20(25)21-16-9-6-8-15(3)12-16)13-18-22-17(14-28-18)19(24)27-5-2/h6,8-9,12,14H,4-5,7,10-11,13H2,1-3H3,(H,21,25). The van der Waals surface area contributed by atoms with E-state index in [0.29, 0.717) is 44.3 Å². The molecule has 0 aliphatic heterocycles. The van der Waals surface area contributed by atoms with Crippen LogP contribution in [0, 0.1) is 6.92 Å². The molecule has 0 fully saturated rings. The molecule has 2 amide bonds. The van der Waals surface area contributed by atoms with Gasteiger partial charge in [0.25, 0.3) is 0 Å². The quantitative estimate of drug-likeness (QED) is 0.476. The highest BCUT2D eigenvalue weighted by Gasteiger charge is 2.18. The summed E-state index contributed by atoms with van der Waals surface area (Å²) < 4.78 is 10.3. The normalized spacial score (nSPS) is 10.5. The van der Waals surface area contributed by atoms with E-state index in [2.05, 4.69) is 10.3 Å². The molecule has 7 nitrogen and oxygen atoms in total. The Morgan fingerprint density at radius 1 is 1.25 bits per heavy atom. The molecule has 152 valence electrons. The minimum absolute atomic E-state index is 0.213. The van der Waals surface area contributed by atoms with Crippen molar-refractivity contribution in [3.8, 4) is 0 Å². The monoisotopic (exact) mass is 405 g/mol. The van der Waals surface area contributed by atoms with Crippen molar-refractivity contribution in [2.24, 2.45) is 0 Å². The number of nitrogens with zero attached hydrogens (tertiary/aromatic N) is 2. The number of rotatable bonds is 10. The molecule has 1 aromatic heterocycles. The number of amides is 2. The molecule has 0 aliphatic rings. The van der Waals surface area contributed by atoms with Crippen molar-refractivity contribution < 1.29 is 19.1 Å². The van der Waals surface area contributed by atoms with Gasteiger partial charge in [-0.1, -0.05) is 12.1 Å². The number of aromatic nitrogens is 1. The summed E-state index contributed by atoms with van der Waals surface area (Å²) in [6.45, 7) is 8.02. The molecule has 2 aromatic rings. The predicted octanol–water partition coefficient (Wildman–Crippen LogP) is 4.09. The summed E-state index contributed by atoms with van der Waals surface area (Å²) in [6.07, 6.45) is 0.713. The fourth-order valence-corrected chi connectivity index (χ4v) is 3.30. The Labute approximate surface area is 169 Å². The van der Waals surface area contributed by atoms with Gasteiger partial charge in [0, 0.05) is 30.8 Å². The summed E-state index contributed by atoms with van der Waals surface area (Å²) in [6, 6.07) is 7.43. The summed E-state index contributed by atoms with van der Waals surface area (Å²) in [5.74, 6) is -0.447. The lowest BCUT2D eigenvalue weighted by Gasteiger charge is -2.22. The van der Waals surface area contributed by atoms with Gasteiger partial charge in [-0.3, -0.25) is 0 Å². The molecule has 0 saturated carbocycles. The van der Waals surface area contributed by atoms with E-state index in [0.717, 1.165) is 11.3 Å². The molecule has 0 unspecified atom stereocenters. The van der Waals surface area contributed by atoms with Gasteiger partial charge in [0.2, 0.25) is 0 Å². The molecule has 2 rings (SSSR count). The van der Waals surface area contributed by atoms with E-state index >= 15 is 0 Å². The van der Waals surface area contributed by atoms with Crippen LogP contribution in [-0.4, -0.2) is 48.2 Å². The number of urea groups is 1. The van der Waals surface area contributed by atoms with Crippen molar-refractivity contribution in [2.75, 3.05) is 31.7 Å². The predicted molar refractivity (Wildman–Crippen MR) is 110 cm³/mol. The Balaban J connectivity index is 2.05. The lowest BCUT2D eigenvalue weighted by atomic mass is 10.2. The Bertz CT molecular complexity index is 778. The van der Waals surface area contributed by atoms with Gasteiger partial charge >= 0.3 is 12.0 Å². The first-order valence-corrected chi connectivity index (χ1v) is 10.2. The van der Waals surface area contributed by atoms with Crippen LogP contribution in [0.25, 0.3) is 0 Å². The molecule has 0 radical (unpaired) electrons. The molecule has 28 heavy (non-hydrogen) atoms. The fraction of sp³-hybridized carbons (Fsp3) is 0.450. The second kappa shape index (κ2) is 11.4. The van der Waals surface area contributed by atoms with Crippen molar-refractivity contribution in [3.05, 3.63) is 45.9 Å². The van der Waals surface area contributed by atoms with Crippen LogP contribution in [0.1, 0.15) is 41.3 Å². The summed E-state index contributed by atoms with van der Waals surface area (Å²) >= 11 is 1.34. The number of thiazole rings is 1. The van der Waals surface area contributed by atoms with Crippen LogP contribution in [0.4, 0.5) is 10.5 Å². The number of hydrogen-bond donors (Lipinski definition) is 1. The molecule has 1 aromatic carbocycles. The van der Waals surface area contributed by atoms with Gasteiger partial charge in [-0.2, -0.15) is 0 Å². The van der Waals surface area contributed by atoms with Crippen molar-refractivity contribution in [2.45, 2.75) is 33.7 Å². The maximum absolute atomic E-state index is 12.8. The third-order valence-corrected chi connectivity index (χ3v) is 4.67. The van der Waals surface area contributed by atoms with Crippen LogP contribution in [0.5, 0.6) is 0 Å². The smallest absolute Gasteiger partial charge is 0.357 e. The first-order chi connectivity index (χ1) is 13.5.